The average molecular weight is 742 g/mol. The van der Waals surface area contributed by atoms with Gasteiger partial charge in [0, 0.05) is 60.8 Å². The van der Waals surface area contributed by atoms with Gasteiger partial charge in [0.15, 0.2) is 0 Å². The molecule has 0 aliphatic rings. The summed E-state index contributed by atoms with van der Waals surface area (Å²) in [5.74, 6) is 0. The molecule has 12 aromatic rings. The zero-order valence-corrected chi connectivity index (χ0v) is 31.5. The van der Waals surface area contributed by atoms with E-state index in [9.17, 15) is 0 Å². The number of para-hydroxylation sites is 5. The summed E-state index contributed by atoms with van der Waals surface area (Å²) in [6.07, 6.45) is 0. The van der Waals surface area contributed by atoms with Crippen LogP contribution in [0.4, 0.5) is 17.1 Å². The van der Waals surface area contributed by atoms with E-state index in [4.69, 9.17) is 4.42 Å². The molecule has 3 heterocycles. The highest BCUT2D eigenvalue weighted by Crippen LogP contribution is 2.45. The van der Waals surface area contributed by atoms with Crippen LogP contribution in [0.15, 0.2) is 217 Å². The Bertz CT molecular complexity index is 3500. The van der Waals surface area contributed by atoms with Crippen LogP contribution in [0.3, 0.4) is 0 Å². The predicted molar refractivity (Wildman–Crippen MR) is 243 cm³/mol. The van der Waals surface area contributed by atoms with Gasteiger partial charge in [-0.15, -0.1) is 0 Å². The average Bonchev–Trinajstić information content (AvgIpc) is 3.95. The lowest BCUT2D eigenvalue weighted by Crippen LogP contribution is -2.09. The molecule has 3 aromatic heterocycles. The zero-order valence-electron chi connectivity index (χ0n) is 31.5. The lowest BCUT2D eigenvalue weighted by atomic mass is 9.95. The van der Waals surface area contributed by atoms with Crippen molar-refractivity contribution in [2.45, 2.75) is 0 Å². The van der Waals surface area contributed by atoms with Gasteiger partial charge in [-0.3, -0.25) is 0 Å². The number of benzene rings is 9. The minimum atomic E-state index is 0.886. The standard InChI is InChI=1S/C54H35N3O/c1-3-15-36(16-4-1)55(40-33-34-52-46(35-40)41-19-9-12-28-51(41)58-52)38-29-31-39(32-30-38)57-48-25-11-8-21-45(48)54-43(23-14-27-50(54)57)42-22-13-26-49-53(42)44-20-7-10-24-47(44)56(49)37-17-5-2-6-18-37/h1-35H. The summed E-state index contributed by atoms with van der Waals surface area (Å²) in [7, 11) is 0. The van der Waals surface area contributed by atoms with Gasteiger partial charge in [-0.2, -0.15) is 0 Å². The van der Waals surface area contributed by atoms with E-state index in [1.54, 1.807) is 0 Å². The fourth-order valence-electron chi connectivity index (χ4n) is 9.25. The summed E-state index contributed by atoms with van der Waals surface area (Å²) in [5.41, 5.74) is 14.5. The Kier molecular flexibility index (Phi) is 7.20. The van der Waals surface area contributed by atoms with E-state index in [1.807, 2.05) is 12.1 Å². The first kappa shape index (κ1) is 32.4. The fourth-order valence-corrected chi connectivity index (χ4v) is 9.25. The highest BCUT2D eigenvalue weighted by atomic mass is 16.3. The first-order valence-corrected chi connectivity index (χ1v) is 19.8. The molecule has 272 valence electrons. The van der Waals surface area contributed by atoms with Gasteiger partial charge in [0.25, 0.3) is 0 Å². The van der Waals surface area contributed by atoms with Crippen LogP contribution in [0.25, 0.3) is 88.1 Å². The summed E-state index contributed by atoms with van der Waals surface area (Å²) >= 11 is 0. The number of hydrogen-bond acceptors (Lipinski definition) is 2. The van der Waals surface area contributed by atoms with Crippen molar-refractivity contribution in [3.63, 3.8) is 0 Å². The maximum absolute atomic E-state index is 6.20. The molecule has 0 aliphatic carbocycles. The SMILES string of the molecule is c1ccc(N(c2ccc(-n3c4ccccc4c4c(-c5cccc6c5c5ccccc5n6-c5ccccc5)cccc43)cc2)c2ccc3oc4ccccc4c3c2)cc1. The van der Waals surface area contributed by atoms with Crippen molar-refractivity contribution in [3.8, 4) is 22.5 Å². The number of aromatic nitrogens is 2. The summed E-state index contributed by atoms with van der Waals surface area (Å²) in [6, 6.07) is 76.1. The second-order valence-electron chi connectivity index (χ2n) is 14.9. The minimum Gasteiger partial charge on any atom is -0.456 e. The van der Waals surface area contributed by atoms with Gasteiger partial charge in [-0.25, -0.2) is 0 Å². The first-order valence-electron chi connectivity index (χ1n) is 19.8. The molecule has 0 N–H and O–H groups in total. The Morgan fingerprint density at radius 2 is 0.776 bits per heavy atom. The number of rotatable bonds is 6. The Hall–Kier alpha value is -7.82. The number of fused-ring (bicyclic) bond motifs is 9. The largest absolute Gasteiger partial charge is 0.456 e. The van der Waals surface area contributed by atoms with Gasteiger partial charge >= 0.3 is 0 Å². The summed E-state index contributed by atoms with van der Waals surface area (Å²) in [4.78, 5) is 2.32. The molecule has 0 spiro atoms. The van der Waals surface area contributed by atoms with Crippen LogP contribution in [0.5, 0.6) is 0 Å². The number of hydrogen-bond donors (Lipinski definition) is 0. The van der Waals surface area contributed by atoms with E-state index in [2.05, 4.69) is 214 Å². The van der Waals surface area contributed by atoms with Crippen molar-refractivity contribution in [1.82, 2.24) is 9.13 Å². The molecule has 9 aromatic carbocycles. The topological polar surface area (TPSA) is 26.2 Å². The number of nitrogens with zero attached hydrogens (tertiary/aromatic N) is 3. The van der Waals surface area contributed by atoms with Crippen molar-refractivity contribution < 1.29 is 4.42 Å². The molecule has 12 rings (SSSR count). The summed E-state index contributed by atoms with van der Waals surface area (Å²) in [5, 5.41) is 7.21. The second kappa shape index (κ2) is 12.9. The van der Waals surface area contributed by atoms with E-state index >= 15 is 0 Å². The monoisotopic (exact) mass is 741 g/mol. The van der Waals surface area contributed by atoms with Crippen LogP contribution in [0, 0.1) is 0 Å². The zero-order chi connectivity index (χ0) is 38.2. The van der Waals surface area contributed by atoms with Crippen LogP contribution in [0.2, 0.25) is 0 Å². The molecular weight excluding hydrogens is 707 g/mol. The summed E-state index contributed by atoms with van der Waals surface area (Å²) in [6.45, 7) is 0. The van der Waals surface area contributed by atoms with Crippen LogP contribution in [-0.4, -0.2) is 9.13 Å². The normalized spacial score (nSPS) is 11.8. The molecule has 0 saturated carbocycles. The molecule has 0 radical (unpaired) electrons. The first-order chi connectivity index (χ1) is 28.8. The molecular formula is C54H35N3O. The smallest absolute Gasteiger partial charge is 0.135 e. The lowest BCUT2D eigenvalue weighted by molar-refractivity contribution is 0.669. The Balaban J connectivity index is 1.03. The van der Waals surface area contributed by atoms with Crippen LogP contribution in [-0.2, 0) is 0 Å². The van der Waals surface area contributed by atoms with Crippen LogP contribution >= 0.6 is 0 Å². The molecule has 4 heteroatoms. The third-order valence-corrected chi connectivity index (χ3v) is 11.7. The molecule has 0 amide bonds. The van der Waals surface area contributed by atoms with E-state index < -0.39 is 0 Å². The van der Waals surface area contributed by atoms with Crippen molar-refractivity contribution >= 4 is 82.6 Å². The quantitative estimate of drug-likeness (QED) is 0.170. The molecule has 0 aliphatic heterocycles. The molecule has 0 atom stereocenters. The van der Waals surface area contributed by atoms with E-state index in [1.165, 1.54) is 54.7 Å². The van der Waals surface area contributed by atoms with Crippen molar-refractivity contribution in [2.24, 2.45) is 0 Å². The number of furan rings is 1. The second-order valence-corrected chi connectivity index (χ2v) is 14.9. The third kappa shape index (κ3) is 4.88. The maximum atomic E-state index is 6.20. The van der Waals surface area contributed by atoms with Gasteiger partial charge in [-0.1, -0.05) is 115 Å². The predicted octanol–water partition coefficient (Wildman–Crippen LogP) is 14.9. The molecule has 0 fully saturated rings. The van der Waals surface area contributed by atoms with Crippen LogP contribution in [0.1, 0.15) is 0 Å². The molecule has 0 unspecified atom stereocenters. The minimum absolute atomic E-state index is 0.886. The lowest BCUT2D eigenvalue weighted by Gasteiger charge is -2.26. The van der Waals surface area contributed by atoms with E-state index in [0.29, 0.717) is 0 Å². The fraction of sp³-hybridized carbons (Fsp3) is 0. The van der Waals surface area contributed by atoms with Gasteiger partial charge in [-0.05, 0) is 108 Å². The highest BCUT2D eigenvalue weighted by Gasteiger charge is 2.21. The Morgan fingerprint density at radius 1 is 0.310 bits per heavy atom. The van der Waals surface area contributed by atoms with Gasteiger partial charge in [0.05, 0.1) is 22.1 Å². The molecule has 0 saturated heterocycles. The highest BCUT2D eigenvalue weighted by molar-refractivity contribution is 6.22. The van der Waals surface area contributed by atoms with E-state index in [-0.39, 0.29) is 0 Å². The van der Waals surface area contributed by atoms with Gasteiger partial charge in [0.2, 0.25) is 0 Å². The van der Waals surface area contributed by atoms with Crippen LogP contribution < -0.4 is 4.90 Å². The maximum Gasteiger partial charge on any atom is 0.135 e. The Labute approximate surface area is 334 Å². The van der Waals surface area contributed by atoms with E-state index in [0.717, 1.165) is 50.4 Å². The molecule has 58 heavy (non-hydrogen) atoms. The number of anilines is 3. The van der Waals surface area contributed by atoms with Gasteiger partial charge in [0.1, 0.15) is 11.2 Å². The van der Waals surface area contributed by atoms with Crippen molar-refractivity contribution in [2.75, 3.05) is 4.90 Å². The third-order valence-electron chi connectivity index (χ3n) is 11.7. The van der Waals surface area contributed by atoms with Gasteiger partial charge < -0.3 is 18.5 Å². The van der Waals surface area contributed by atoms with Crippen molar-refractivity contribution in [1.29, 1.82) is 0 Å². The van der Waals surface area contributed by atoms with Crippen molar-refractivity contribution in [3.05, 3.63) is 212 Å². The summed E-state index contributed by atoms with van der Waals surface area (Å²) < 4.78 is 11.0. The Morgan fingerprint density at radius 3 is 1.41 bits per heavy atom. The molecule has 4 nitrogen and oxygen atoms in total. The molecule has 0 bridgehead atoms.